The largest absolute Gasteiger partial charge is 0.360 e. The number of amides is 1. The van der Waals surface area contributed by atoms with Crippen molar-refractivity contribution in [3.05, 3.63) is 28.7 Å². The Bertz CT molecular complexity index is 534. The van der Waals surface area contributed by atoms with Crippen molar-refractivity contribution >= 4 is 27.7 Å². The van der Waals surface area contributed by atoms with Crippen LogP contribution in [0.3, 0.4) is 0 Å². The first-order valence-electron chi connectivity index (χ1n) is 5.00. The maximum absolute atomic E-state index is 11.9. The summed E-state index contributed by atoms with van der Waals surface area (Å²) in [5, 5.41) is 10.4. The first kappa shape index (κ1) is 11.8. The summed E-state index contributed by atoms with van der Waals surface area (Å²) >= 11 is 3.28. The van der Waals surface area contributed by atoms with Gasteiger partial charge in [-0.05, 0) is 29.8 Å². The molecule has 0 bridgehead atoms. The van der Waals surface area contributed by atoms with Gasteiger partial charge < -0.3 is 9.84 Å². The second-order valence-electron chi connectivity index (χ2n) is 3.63. The van der Waals surface area contributed by atoms with Crippen molar-refractivity contribution in [2.75, 3.05) is 5.32 Å². The van der Waals surface area contributed by atoms with Crippen LogP contribution in [0.2, 0.25) is 0 Å². The molecule has 7 heteroatoms. The van der Waals surface area contributed by atoms with Crippen molar-refractivity contribution in [3.8, 4) is 0 Å². The topological polar surface area (TPSA) is 73.0 Å². The maximum atomic E-state index is 11.9. The molecule has 6 nitrogen and oxygen atoms in total. The number of nitrogens with one attached hydrogen (secondary N) is 1. The smallest absolute Gasteiger partial charge is 0.250 e. The number of carbonyl (C=O) groups excluding carboxylic acids is 1. The number of halogens is 1. The zero-order valence-electron chi connectivity index (χ0n) is 9.35. The van der Waals surface area contributed by atoms with E-state index in [4.69, 9.17) is 4.52 Å². The van der Waals surface area contributed by atoms with Gasteiger partial charge >= 0.3 is 0 Å². The molecule has 0 radical (unpaired) electrons. The van der Waals surface area contributed by atoms with Crippen molar-refractivity contribution in [1.29, 1.82) is 0 Å². The zero-order valence-corrected chi connectivity index (χ0v) is 10.9. The van der Waals surface area contributed by atoms with Gasteiger partial charge in [0.2, 0.25) is 5.91 Å². The first-order valence-corrected chi connectivity index (χ1v) is 5.79. The Balaban J connectivity index is 2.05. The predicted molar refractivity (Wildman–Crippen MR) is 64.5 cm³/mol. The van der Waals surface area contributed by atoms with Gasteiger partial charge in [0, 0.05) is 12.3 Å². The second kappa shape index (κ2) is 4.70. The summed E-state index contributed by atoms with van der Waals surface area (Å²) in [7, 11) is 0. The number of hydrogen-bond acceptors (Lipinski definition) is 4. The van der Waals surface area contributed by atoms with Gasteiger partial charge in [-0.3, -0.25) is 9.48 Å². The molecule has 1 atom stereocenters. The Kier molecular flexibility index (Phi) is 3.28. The Morgan fingerprint density at radius 2 is 2.41 bits per heavy atom. The van der Waals surface area contributed by atoms with Crippen molar-refractivity contribution < 1.29 is 9.32 Å². The normalized spacial score (nSPS) is 12.4. The standard InChI is InChI=1S/C10H11BrN4O2/c1-6-3-9(14-17-6)13-10(16)7(2)15-5-8(11)4-12-15/h3-5,7H,1-2H3,(H,13,14,16)/t7-/m1/s1. The molecule has 17 heavy (non-hydrogen) atoms. The molecule has 0 aromatic carbocycles. The van der Waals surface area contributed by atoms with E-state index >= 15 is 0 Å². The summed E-state index contributed by atoms with van der Waals surface area (Å²) in [5.41, 5.74) is 0. The average Bonchev–Trinajstić information content (AvgIpc) is 2.87. The molecule has 0 aliphatic rings. The molecule has 1 amide bonds. The molecule has 90 valence electrons. The quantitative estimate of drug-likeness (QED) is 0.942. The van der Waals surface area contributed by atoms with Crippen molar-refractivity contribution in [2.24, 2.45) is 0 Å². The van der Waals surface area contributed by atoms with Crippen molar-refractivity contribution in [3.63, 3.8) is 0 Å². The summed E-state index contributed by atoms with van der Waals surface area (Å²) in [6.45, 7) is 3.51. The van der Waals surface area contributed by atoms with Gasteiger partial charge in [-0.2, -0.15) is 5.10 Å². The van der Waals surface area contributed by atoms with Gasteiger partial charge in [-0.1, -0.05) is 5.16 Å². The van der Waals surface area contributed by atoms with E-state index in [-0.39, 0.29) is 5.91 Å². The van der Waals surface area contributed by atoms with Gasteiger partial charge in [0.15, 0.2) is 5.82 Å². The summed E-state index contributed by atoms with van der Waals surface area (Å²) in [6.07, 6.45) is 3.36. The van der Waals surface area contributed by atoms with Crippen LogP contribution >= 0.6 is 15.9 Å². The highest BCUT2D eigenvalue weighted by Gasteiger charge is 2.17. The van der Waals surface area contributed by atoms with E-state index in [1.807, 2.05) is 0 Å². The van der Waals surface area contributed by atoms with E-state index in [1.165, 1.54) is 0 Å². The van der Waals surface area contributed by atoms with E-state index in [1.54, 1.807) is 37.0 Å². The molecule has 2 aromatic rings. The molecule has 2 rings (SSSR count). The lowest BCUT2D eigenvalue weighted by atomic mass is 10.3. The number of carbonyl (C=O) groups is 1. The van der Waals surface area contributed by atoms with Crippen LogP contribution in [0, 0.1) is 6.92 Å². The SMILES string of the molecule is Cc1cc(NC(=O)[C@@H](C)n2cc(Br)cn2)no1. The molecule has 0 fully saturated rings. The highest BCUT2D eigenvalue weighted by molar-refractivity contribution is 9.10. The van der Waals surface area contributed by atoms with Crippen LogP contribution in [-0.4, -0.2) is 20.8 Å². The minimum absolute atomic E-state index is 0.200. The summed E-state index contributed by atoms with van der Waals surface area (Å²) in [4.78, 5) is 11.9. The van der Waals surface area contributed by atoms with Crippen molar-refractivity contribution in [1.82, 2.24) is 14.9 Å². The fraction of sp³-hybridized carbons (Fsp3) is 0.300. The number of rotatable bonds is 3. The molecule has 0 saturated carbocycles. The zero-order chi connectivity index (χ0) is 12.4. The maximum Gasteiger partial charge on any atom is 0.250 e. The van der Waals surface area contributed by atoms with Crippen LogP contribution < -0.4 is 5.32 Å². The van der Waals surface area contributed by atoms with E-state index in [9.17, 15) is 4.79 Å². The van der Waals surface area contributed by atoms with Crippen LogP contribution in [0.25, 0.3) is 0 Å². The van der Waals surface area contributed by atoms with Crippen molar-refractivity contribution in [2.45, 2.75) is 19.9 Å². The number of anilines is 1. The Morgan fingerprint density at radius 1 is 1.65 bits per heavy atom. The second-order valence-corrected chi connectivity index (χ2v) is 4.54. The molecule has 2 heterocycles. The number of hydrogen-bond donors (Lipinski definition) is 1. The van der Waals surface area contributed by atoms with Crippen LogP contribution in [0.4, 0.5) is 5.82 Å². The van der Waals surface area contributed by atoms with E-state index in [0.29, 0.717) is 11.6 Å². The van der Waals surface area contributed by atoms with Gasteiger partial charge in [0.1, 0.15) is 11.8 Å². The Hall–Kier alpha value is -1.63. The molecule has 2 aromatic heterocycles. The summed E-state index contributed by atoms with van der Waals surface area (Å²) in [6, 6.07) is 1.24. The molecule has 1 N–H and O–H groups in total. The van der Waals surface area contributed by atoms with Crippen LogP contribution in [0.1, 0.15) is 18.7 Å². The molecule has 0 saturated heterocycles. The van der Waals surface area contributed by atoms with Crippen LogP contribution in [0.5, 0.6) is 0 Å². The van der Waals surface area contributed by atoms with Gasteiger partial charge in [0.05, 0.1) is 10.7 Å². The number of aryl methyl sites for hydroxylation is 1. The molecule has 0 unspecified atom stereocenters. The minimum atomic E-state index is -0.418. The lowest BCUT2D eigenvalue weighted by Gasteiger charge is -2.10. The summed E-state index contributed by atoms with van der Waals surface area (Å²) in [5.74, 6) is 0.856. The first-order chi connectivity index (χ1) is 8.06. The van der Waals surface area contributed by atoms with Gasteiger partial charge in [-0.15, -0.1) is 0 Å². The highest BCUT2D eigenvalue weighted by atomic mass is 79.9. The molecule has 0 aliphatic heterocycles. The Labute approximate surface area is 106 Å². The van der Waals surface area contributed by atoms with Crippen LogP contribution in [0.15, 0.2) is 27.5 Å². The average molecular weight is 299 g/mol. The molecular weight excluding hydrogens is 288 g/mol. The third kappa shape index (κ3) is 2.73. The third-order valence-corrected chi connectivity index (χ3v) is 2.63. The molecular formula is C10H11BrN4O2. The van der Waals surface area contributed by atoms with E-state index in [2.05, 4.69) is 31.5 Å². The lowest BCUT2D eigenvalue weighted by Crippen LogP contribution is -2.24. The molecule has 0 spiro atoms. The fourth-order valence-corrected chi connectivity index (χ4v) is 1.60. The molecule has 0 aliphatic carbocycles. The Morgan fingerprint density at radius 3 is 2.94 bits per heavy atom. The number of aromatic nitrogens is 3. The lowest BCUT2D eigenvalue weighted by molar-refractivity contribution is -0.119. The highest BCUT2D eigenvalue weighted by Crippen LogP contribution is 2.14. The fourth-order valence-electron chi connectivity index (χ4n) is 1.30. The predicted octanol–water partition coefficient (Wildman–Crippen LogP) is 2.14. The van der Waals surface area contributed by atoms with Gasteiger partial charge in [0.25, 0.3) is 0 Å². The third-order valence-electron chi connectivity index (χ3n) is 2.23. The van der Waals surface area contributed by atoms with E-state index < -0.39 is 6.04 Å². The minimum Gasteiger partial charge on any atom is -0.360 e. The number of nitrogens with zero attached hydrogens (tertiary/aromatic N) is 3. The summed E-state index contributed by atoms with van der Waals surface area (Å²) < 4.78 is 7.25. The van der Waals surface area contributed by atoms with Crippen LogP contribution in [-0.2, 0) is 4.79 Å². The van der Waals surface area contributed by atoms with E-state index in [0.717, 1.165) is 4.47 Å². The monoisotopic (exact) mass is 298 g/mol. The van der Waals surface area contributed by atoms with Gasteiger partial charge in [-0.25, -0.2) is 0 Å².